The number of hydrogen-bond acceptors (Lipinski definition) is 4. The average molecular weight is 287 g/mol. The minimum atomic E-state index is -4.87. The smallest absolute Gasteiger partial charge is 0.476 e. The lowest BCUT2D eigenvalue weighted by Gasteiger charge is -2.11. The second-order valence-corrected chi connectivity index (χ2v) is 3.77. The van der Waals surface area contributed by atoms with Crippen molar-refractivity contribution in [3.63, 3.8) is 0 Å². The van der Waals surface area contributed by atoms with Gasteiger partial charge >= 0.3 is 12.3 Å². The molecule has 0 aliphatic heterocycles. The Morgan fingerprint density at radius 1 is 1.35 bits per heavy atom. The van der Waals surface area contributed by atoms with Crippen LogP contribution in [-0.2, 0) is 0 Å². The molecule has 0 aliphatic carbocycles. The fraction of sp³-hybridized carbons (Fsp3) is 0.167. The van der Waals surface area contributed by atoms with Crippen molar-refractivity contribution in [2.45, 2.75) is 13.3 Å². The molecule has 0 atom stereocenters. The fourth-order valence-electron chi connectivity index (χ4n) is 1.57. The van der Waals surface area contributed by atoms with Crippen LogP contribution in [0.3, 0.4) is 0 Å². The number of rotatable bonds is 3. The maximum Gasteiger partial charge on any atom is 0.573 e. The number of aromatic nitrogens is 1. The highest BCUT2D eigenvalue weighted by Gasteiger charge is 2.33. The van der Waals surface area contributed by atoms with Crippen LogP contribution in [0.5, 0.6) is 5.75 Å². The van der Waals surface area contributed by atoms with Crippen molar-refractivity contribution in [3.05, 3.63) is 35.7 Å². The molecule has 106 valence electrons. The third kappa shape index (κ3) is 2.90. The van der Waals surface area contributed by atoms with Gasteiger partial charge in [-0.3, -0.25) is 0 Å². The molecule has 1 aromatic heterocycles. The van der Waals surface area contributed by atoms with Gasteiger partial charge in [-0.1, -0.05) is 12.1 Å². The third-order valence-corrected chi connectivity index (χ3v) is 2.34. The van der Waals surface area contributed by atoms with Crippen molar-refractivity contribution in [1.29, 1.82) is 0 Å². The lowest BCUT2D eigenvalue weighted by Crippen LogP contribution is -2.17. The molecule has 1 heterocycles. The largest absolute Gasteiger partial charge is 0.573 e. The van der Waals surface area contributed by atoms with Crippen LogP contribution in [-0.4, -0.2) is 22.4 Å². The number of halogens is 3. The molecule has 0 unspecified atom stereocenters. The summed E-state index contributed by atoms with van der Waals surface area (Å²) in [6.07, 6.45) is -4.87. The number of benzene rings is 1. The molecule has 8 heteroatoms. The number of hydrogen-bond donors (Lipinski definition) is 1. The van der Waals surface area contributed by atoms with Crippen LogP contribution in [0.2, 0.25) is 0 Å². The van der Waals surface area contributed by atoms with Crippen LogP contribution in [0.25, 0.3) is 11.5 Å². The second-order valence-electron chi connectivity index (χ2n) is 3.77. The third-order valence-electron chi connectivity index (χ3n) is 2.34. The minimum absolute atomic E-state index is 0.00527. The summed E-state index contributed by atoms with van der Waals surface area (Å²) in [4.78, 5) is 14.5. The molecule has 1 N–H and O–H groups in total. The highest BCUT2D eigenvalue weighted by molar-refractivity contribution is 5.87. The van der Waals surface area contributed by atoms with E-state index in [4.69, 9.17) is 9.52 Å². The standard InChI is InChI=1S/C12H8F3NO4/c1-6-9(11(17)18)16-10(19-6)7-4-2-3-5-8(7)20-12(13,14)15/h2-5H,1H3,(H,17,18). The second kappa shape index (κ2) is 4.87. The zero-order chi connectivity index (χ0) is 14.9. The zero-order valence-electron chi connectivity index (χ0n) is 10.1. The molecule has 0 bridgehead atoms. The van der Waals surface area contributed by atoms with Gasteiger partial charge in [0, 0.05) is 0 Å². The van der Waals surface area contributed by atoms with E-state index in [1.807, 2.05) is 0 Å². The number of aromatic carboxylic acids is 1. The highest BCUT2D eigenvalue weighted by atomic mass is 19.4. The van der Waals surface area contributed by atoms with Gasteiger partial charge in [-0.05, 0) is 19.1 Å². The zero-order valence-corrected chi connectivity index (χ0v) is 10.1. The Morgan fingerprint density at radius 2 is 2.00 bits per heavy atom. The molecule has 0 saturated carbocycles. The lowest BCUT2D eigenvalue weighted by atomic mass is 10.2. The molecule has 0 aliphatic rings. The van der Waals surface area contributed by atoms with Gasteiger partial charge in [-0.15, -0.1) is 13.2 Å². The quantitative estimate of drug-likeness (QED) is 0.938. The Morgan fingerprint density at radius 3 is 2.55 bits per heavy atom. The summed E-state index contributed by atoms with van der Waals surface area (Å²) in [6.45, 7) is 1.35. The van der Waals surface area contributed by atoms with Crippen LogP contribution < -0.4 is 4.74 Å². The molecule has 0 fully saturated rings. The summed E-state index contributed by atoms with van der Waals surface area (Å²) in [5.41, 5.74) is -0.442. The summed E-state index contributed by atoms with van der Waals surface area (Å²) >= 11 is 0. The van der Waals surface area contributed by atoms with E-state index >= 15 is 0 Å². The Labute approximate surface area is 110 Å². The van der Waals surface area contributed by atoms with Gasteiger partial charge in [0.1, 0.15) is 11.5 Å². The van der Waals surface area contributed by atoms with Crippen molar-refractivity contribution in [3.8, 4) is 17.2 Å². The molecule has 0 saturated heterocycles. The number of nitrogens with zero attached hydrogens (tertiary/aromatic N) is 1. The number of aryl methyl sites for hydroxylation is 1. The average Bonchev–Trinajstić information content (AvgIpc) is 2.70. The summed E-state index contributed by atoms with van der Waals surface area (Å²) in [7, 11) is 0. The number of carbonyl (C=O) groups is 1. The SMILES string of the molecule is Cc1oc(-c2ccccc2OC(F)(F)F)nc1C(=O)O. The number of carboxylic acid groups (broad SMARTS) is 1. The van der Waals surface area contributed by atoms with Gasteiger partial charge in [-0.2, -0.15) is 0 Å². The molecule has 20 heavy (non-hydrogen) atoms. The number of oxazole rings is 1. The lowest BCUT2D eigenvalue weighted by molar-refractivity contribution is -0.274. The molecule has 5 nitrogen and oxygen atoms in total. The molecule has 0 radical (unpaired) electrons. The van der Waals surface area contributed by atoms with Gasteiger partial charge in [0.2, 0.25) is 5.89 Å². The minimum Gasteiger partial charge on any atom is -0.476 e. The van der Waals surface area contributed by atoms with Crippen LogP contribution in [0, 0.1) is 6.92 Å². The topological polar surface area (TPSA) is 72.6 Å². The maximum atomic E-state index is 12.3. The van der Waals surface area contributed by atoms with Crippen LogP contribution in [0.1, 0.15) is 16.2 Å². The van der Waals surface area contributed by atoms with Crippen LogP contribution in [0.4, 0.5) is 13.2 Å². The van der Waals surface area contributed by atoms with Crippen molar-refractivity contribution >= 4 is 5.97 Å². The van der Waals surface area contributed by atoms with Gasteiger partial charge in [0.15, 0.2) is 5.69 Å². The normalized spacial score (nSPS) is 11.4. The van der Waals surface area contributed by atoms with Crippen molar-refractivity contribution in [2.75, 3.05) is 0 Å². The number of ether oxygens (including phenoxy) is 1. The van der Waals surface area contributed by atoms with E-state index in [2.05, 4.69) is 9.72 Å². The molecule has 2 rings (SSSR count). The number of carboxylic acids is 1. The molecular weight excluding hydrogens is 279 g/mol. The Hall–Kier alpha value is -2.51. The van der Waals surface area contributed by atoms with Crippen LogP contribution >= 0.6 is 0 Å². The van der Waals surface area contributed by atoms with E-state index in [9.17, 15) is 18.0 Å². The molecular formula is C12H8F3NO4. The van der Waals surface area contributed by atoms with E-state index in [1.54, 1.807) is 0 Å². The van der Waals surface area contributed by atoms with Gasteiger partial charge in [-0.25, -0.2) is 9.78 Å². The number of para-hydroxylation sites is 1. The van der Waals surface area contributed by atoms with Crippen LogP contribution in [0.15, 0.2) is 28.7 Å². The maximum absolute atomic E-state index is 12.3. The molecule has 0 spiro atoms. The first-order chi connectivity index (χ1) is 9.28. The van der Waals surface area contributed by atoms with Crippen molar-refractivity contribution < 1.29 is 32.2 Å². The van der Waals surface area contributed by atoms with E-state index in [-0.39, 0.29) is 22.9 Å². The van der Waals surface area contributed by atoms with Crippen molar-refractivity contribution in [1.82, 2.24) is 4.98 Å². The van der Waals surface area contributed by atoms with E-state index in [0.717, 1.165) is 6.07 Å². The van der Waals surface area contributed by atoms with Gasteiger partial charge in [0.05, 0.1) is 5.56 Å². The van der Waals surface area contributed by atoms with Gasteiger partial charge < -0.3 is 14.3 Å². The molecule has 1 aromatic carbocycles. The highest BCUT2D eigenvalue weighted by Crippen LogP contribution is 2.33. The predicted molar refractivity (Wildman–Crippen MR) is 60.3 cm³/mol. The first kappa shape index (κ1) is 13.9. The Bertz CT molecular complexity index is 648. The summed E-state index contributed by atoms with van der Waals surface area (Å²) in [5.74, 6) is -2.10. The molecule has 2 aromatic rings. The van der Waals surface area contributed by atoms with Gasteiger partial charge in [0.25, 0.3) is 0 Å². The monoisotopic (exact) mass is 287 g/mol. The predicted octanol–water partition coefficient (Wildman–Crippen LogP) is 3.25. The van der Waals surface area contributed by atoms with E-state index in [1.165, 1.54) is 25.1 Å². The summed E-state index contributed by atoms with van der Waals surface area (Å²) < 4.78 is 45.8. The summed E-state index contributed by atoms with van der Waals surface area (Å²) in [5, 5.41) is 8.85. The first-order valence-corrected chi connectivity index (χ1v) is 5.34. The Kier molecular flexibility index (Phi) is 3.39. The Balaban J connectivity index is 2.48. The first-order valence-electron chi connectivity index (χ1n) is 5.34. The summed E-state index contributed by atoms with van der Waals surface area (Å²) in [6, 6.07) is 5.18. The molecule has 0 amide bonds. The fourth-order valence-corrected chi connectivity index (χ4v) is 1.57. The number of alkyl halides is 3. The van der Waals surface area contributed by atoms with Crippen molar-refractivity contribution in [2.24, 2.45) is 0 Å². The van der Waals surface area contributed by atoms with E-state index < -0.39 is 18.1 Å². The van der Waals surface area contributed by atoms with E-state index in [0.29, 0.717) is 0 Å².